The van der Waals surface area contributed by atoms with Crippen molar-refractivity contribution in [3.8, 4) is 10.6 Å². The smallest absolute Gasteiger partial charge is 0.318 e. The summed E-state index contributed by atoms with van der Waals surface area (Å²) in [5.41, 5.74) is 0.756. The first-order valence-electron chi connectivity index (χ1n) is 7.51. The molecule has 0 unspecified atom stereocenters. The minimum Gasteiger partial charge on any atom is -0.318 e. The number of alkyl halides is 3. The van der Waals surface area contributed by atoms with Gasteiger partial charge < -0.3 is 5.32 Å². The van der Waals surface area contributed by atoms with E-state index in [1.807, 2.05) is 30.3 Å². The first kappa shape index (κ1) is 18.5. The maximum atomic E-state index is 12.3. The molecule has 0 atom stereocenters. The molecule has 3 aromatic rings. The van der Waals surface area contributed by atoms with E-state index in [2.05, 4.69) is 15.5 Å². The number of halogens is 3. The molecule has 27 heavy (non-hydrogen) atoms. The van der Waals surface area contributed by atoms with Crippen LogP contribution in [-0.2, 0) is 4.79 Å². The molecule has 0 aliphatic rings. The standard InChI is InChI=1S/C17H11F3N4O2S/c18-17(19,20)15(26)21-12-8-4-7-11(9-12)13(25)22-16-24-23-14(27-16)10-5-2-1-3-6-10/h1-9H,(H,21,26)(H,22,24,25). The quantitative estimate of drug-likeness (QED) is 0.704. The highest BCUT2D eigenvalue weighted by atomic mass is 32.1. The molecule has 2 amide bonds. The molecule has 2 N–H and O–H groups in total. The van der Waals surface area contributed by atoms with E-state index >= 15 is 0 Å². The van der Waals surface area contributed by atoms with Gasteiger partial charge in [-0.3, -0.25) is 14.9 Å². The summed E-state index contributed by atoms with van der Waals surface area (Å²) in [6.07, 6.45) is -5.02. The van der Waals surface area contributed by atoms with Gasteiger partial charge in [0, 0.05) is 16.8 Å². The highest BCUT2D eigenvalue weighted by Gasteiger charge is 2.38. The van der Waals surface area contributed by atoms with Gasteiger partial charge >= 0.3 is 12.1 Å². The van der Waals surface area contributed by atoms with E-state index in [4.69, 9.17) is 0 Å². The Morgan fingerprint density at radius 3 is 2.37 bits per heavy atom. The molecular weight excluding hydrogens is 381 g/mol. The number of benzene rings is 2. The molecule has 0 aliphatic carbocycles. The van der Waals surface area contributed by atoms with Gasteiger partial charge in [-0.2, -0.15) is 13.2 Å². The van der Waals surface area contributed by atoms with E-state index in [1.165, 1.54) is 18.2 Å². The summed E-state index contributed by atoms with van der Waals surface area (Å²) in [7, 11) is 0. The highest BCUT2D eigenvalue weighted by molar-refractivity contribution is 7.18. The second kappa shape index (κ2) is 7.54. The number of carbonyl (C=O) groups excluding carboxylic acids is 2. The lowest BCUT2D eigenvalue weighted by molar-refractivity contribution is -0.167. The lowest BCUT2D eigenvalue weighted by Gasteiger charge is -2.09. The zero-order valence-electron chi connectivity index (χ0n) is 13.4. The Hall–Kier alpha value is -3.27. The molecule has 0 saturated carbocycles. The summed E-state index contributed by atoms with van der Waals surface area (Å²) >= 11 is 1.15. The average molecular weight is 392 g/mol. The number of hydrogen-bond acceptors (Lipinski definition) is 5. The maximum absolute atomic E-state index is 12.3. The molecule has 3 rings (SSSR count). The van der Waals surface area contributed by atoms with Gasteiger partial charge in [0.2, 0.25) is 5.13 Å². The van der Waals surface area contributed by atoms with Gasteiger partial charge in [0.05, 0.1) is 0 Å². The molecule has 0 fully saturated rings. The van der Waals surface area contributed by atoms with Crippen LogP contribution in [0.1, 0.15) is 10.4 Å². The van der Waals surface area contributed by atoms with E-state index in [0.29, 0.717) is 5.01 Å². The zero-order valence-corrected chi connectivity index (χ0v) is 14.3. The molecule has 0 bridgehead atoms. The molecule has 138 valence electrons. The third kappa shape index (κ3) is 4.67. The minimum atomic E-state index is -5.02. The summed E-state index contributed by atoms with van der Waals surface area (Å²) in [4.78, 5) is 23.3. The van der Waals surface area contributed by atoms with Crippen molar-refractivity contribution < 1.29 is 22.8 Å². The van der Waals surface area contributed by atoms with Crippen LogP contribution in [0.3, 0.4) is 0 Å². The molecule has 10 heteroatoms. The molecule has 1 aromatic heterocycles. The molecule has 2 aromatic carbocycles. The summed E-state index contributed by atoms with van der Waals surface area (Å²) in [5, 5.41) is 12.9. The van der Waals surface area contributed by atoms with Crippen LogP contribution in [0.15, 0.2) is 54.6 Å². The molecule has 0 spiro atoms. The van der Waals surface area contributed by atoms with Crippen LogP contribution in [-0.4, -0.2) is 28.2 Å². The molecular formula is C17H11F3N4O2S. The fourth-order valence-corrected chi connectivity index (χ4v) is 2.82. The Morgan fingerprint density at radius 1 is 0.926 bits per heavy atom. The van der Waals surface area contributed by atoms with Crippen molar-refractivity contribution in [3.05, 3.63) is 60.2 Å². The van der Waals surface area contributed by atoms with Crippen molar-refractivity contribution in [1.82, 2.24) is 10.2 Å². The topological polar surface area (TPSA) is 84.0 Å². The molecule has 0 aliphatic heterocycles. The van der Waals surface area contributed by atoms with Crippen molar-refractivity contribution in [2.75, 3.05) is 10.6 Å². The number of anilines is 2. The number of nitrogens with zero attached hydrogens (tertiary/aromatic N) is 2. The largest absolute Gasteiger partial charge is 0.471 e. The SMILES string of the molecule is O=C(Nc1nnc(-c2ccccc2)s1)c1cccc(NC(=O)C(F)(F)F)c1. The lowest BCUT2D eigenvalue weighted by Crippen LogP contribution is -2.30. The Labute approximate surface area is 155 Å². The van der Waals surface area contributed by atoms with Crippen LogP contribution in [0, 0.1) is 0 Å². The first-order valence-corrected chi connectivity index (χ1v) is 8.33. The van der Waals surface area contributed by atoms with Gasteiger partial charge in [0.15, 0.2) is 0 Å². The molecule has 0 saturated heterocycles. The number of amides is 2. The van der Waals surface area contributed by atoms with Crippen LogP contribution in [0.2, 0.25) is 0 Å². The van der Waals surface area contributed by atoms with Crippen LogP contribution in [0.5, 0.6) is 0 Å². The highest BCUT2D eigenvalue weighted by Crippen LogP contribution is 2.26. The van der Waals surface area contributed by atoms with Crippen molar-refractivity contribution >= 4 is 34.0 Å². The van der Waals surface area contributed by atoms with E-state index in [0.717, 1.165) is 23.0 Å². The summed E-state index contributed by atoms with van der Waals surface area (Å²) in [6.45, 7) is 0. The Balaban J connectivity index is 1.71. The van der Waals surface area contributed by atoms with E-state index in [9.17, 15) is 22.8 Å². The number of nitrogens with one attached hydrogen (secondary N) is 2. The third-order valence-electron chi connectivity index (χ3n) is 3.31. The first-order chi connectivity index (χ1) is 12.8. The number of carbonyl (C=O) groups is 2. The predicted octanol–water partition coefficient (Wildman–Crippen LogP) is 3.96. The normalized spacial score (nSPS) is 11.1. The zero-order chi connectivity index (χ0) is 19.4. The number of aromatic nitrogens is 2. The van der Waals surface area contributed by atoms with Crippen molar-refractivity contribution in [2.24, 2.45) is 0 Å². The number of rotatable bonds is 4. The van der Waals surface area contributed by atoms with Crippen LogP contribution in [0.4, 0.5) is 24.0 Å². The predicted molar refractivity (Wildman–Crippen MR) is 94.4 cm³/mol. The summed E-state index contributed by atoms with van der Waals surface area (Å²) < 4.78 is 37.0. The fourth-order valence-electron chi connectivity index (χ4n) is 2.08. The average Bonchev–Trinajstić information content (AvgIpc) is 3.10. The molecule has 6 nitrogen and oxygen atoms in total. The van der Waals surface area contributed by atoms with E-state index in [1.54, 1.807) is 5.32 Å². The van der Waals surface area contributed by atoms with Crippen LogP contribution < -0.4 is 10.6 Å². The Morgan fingerprint density at radius 2 is 1.67 bits per heavy atom. The summed E-state index contributed by atoms with van der Waals surface area (Å²) in [6, 6.07) is 14.4. The molecule has 1 heterocycles. The molecule has 0 radical (unpaired) electrons. The van der Waals surface area contributed by atoms with Crippen LogP contribution in [0.25, 0.3) is 10.6 Å². The van der Waals surface area contributed by atoms with Crippen molar-refractivity contribution in [2.45, 2.75) is 6.18 Å². The summed E-state index contributed by atoms with van der Waals surface area (Å²) in [5.74, 6) is -2.70. The number of hydrogen-bond donors (Lipinski definition) is 2. The van der Waals surface area contributed by atoms with Gasteiger partial charge in [0.25, 0.3) is 5.91 Å². The fraction of sp³-hybridized carbons (Fsp3) is 0.0588. The van der Waals surface area contributed by atoms with E-state index < -0.39 is 18.0 Å². The third-order valence-corrected chi connectivity index (χ3v) is 4.19. The Bertz CT molecular complexity index is 974. The van der Waals surface area contributed by atoms with Gasteiger partial charge in [-0.15, -0.1) is 10.2 Å². The van der Waals surface area contributed by atoms with Gasteiger partial charge in [-0.05, 0) is 18.2 Å². The lowest BCUT2D eigenvalue weighted by atomic mass is 10.2. The van der Waals surface area contributed by atoms with E-state index in [-0.39, 0.29) is 16.4 Å². The van der Waals surface area contributed by atoms with Crippen molar-refractivity contribution in [3.63, 3.8) is 0 Å². The monoisotopic (exact) mass is 392 g/mol. The second-order valence-corrected chi connectivity index (χ2v) is 6.24. The second-order valence-electron chi connectivity index (χ2n) is 5.27. The van der Waals surface area contributed by atoms with Gasteiger partial charge in [-0.1, -0.05) is 47.7 Å². The Kier molecular flexibility index (Phi) is 5.17. The maximum Gasteiger partial charge on any atom is 0.471 e. The van der Waals surface area contributed by atoms with Gasteiger partial charge in [0.1, 0.15) is 5.01 Å². The van der Waals surface area contributed by atoms with Crippen molar-refractivity contribution in [1.29, 1.82) is 0 Å². The van der Waals surface area contributed by atoms with Gasteiger partial charge in [-0.25, -0.2) is 0 Å². The minimum absolute atomic E-state index is 0.0615. The van der Waals surface area contributed by atoms with Crippen LogP contribution >= 0.6 is 11.3 Å².